The fourth-order valence-electron chi connectivity index (χ4n) is 3.87. The number of carbonyl (C=O) groups excluding carboxylic acids is 2. The minimum atomic E-state index is -1.13. The van der Waals surface area contributed by atoms with E-state index in [9.17, 15) is 14.0 Å². The maximum Gasteiger partial charge on any atom is 0.231 e. The third kappa shape index (κ3) is 4.68. The summed E-state index contributed by atoms with van der Waals surface area (Å²) >= 11 is 6.51. The van der Waals surface area contributed by atoms with Crippen molar-refractivity contribution < 1.29 is 18.4 Å². The highest BCUT2D eigenvalue weighted by atomic mass is 35.5. The van der Waals surface area contributed by atoms with Gasteiger partial charge in [-0.25, -0.2) is 13.8 Å². The Morgan fingerprint density at radius 2 is 2.20 bits per heavy atom. The lowest BCUT2D eigenvalue weighted by Crippen LogP contribution is -2.28. The van der Waals surface area contributed by atoms with Gasteiger partial charge in [-0.1, -0.05) is 11.6 Å². The van der Waals surface area contributed by atoms with E-state index in [1.807, 2.05) is 0 Å². The molecule has 1 aromatic carbocycles. The van der Waals surface area contributed by atoms with Gasteiger partial charge in [0.05, 0.1) is 40.9 Å². The van der Waals surface area contributed by atoms with Crippen LogP contribution in [0.15, 0.2) is 34.4 Å². The predicted octanol–water partition coefficient (Wildman–Crippen LogP) is 3.55. The summed E-state index contributed by atoms with van der Waals surface area (Å²) in [7, 11) is 1.58. The number of fused-ring (bicyclic) bond motifs is 1. The van der Waals surface area contributed by atoms with E-state index >= 15 is 4.39 Å². The largest absolute Gasteiger partial charge is 0.343 e. The van der Waals surface area contributed by atoms with E-state index in [0.717, 1.165) is 0 Å². The Bertz CT molecular complexity index is 1300. The van der Waals surface area contributed by atoms with Crippen molar-refractivity contribution >= 4 is 52.9 Å². The van der Waals surface area contributed by atoms with Crippen LogP contribution in [0.5, 0.6) is 0 Å². The second-order valence-corrected chi connectivity index (χ2v) is 8.80. The van der Waals surface area contributed by atoms with Crippen LogP contribution in [0.1, 0.15) is 37.4 Å². The van der Waals surface area contributed by atoms with Crippen LogP contribution in [0, 0.1) is 11.7 Å². The number of aromatic amines is 1. The molecule has 2 aromatic rings. The molecule has 0 spiro atoms. The molecule has 2 aliphatic rings. The van der Waals surface area contributed by atoms with Crippen LogP contribution in [-0.2, 0) is 9.59 Å². The standard InChI is InChI=1S/C23H24ClF2N7O2/c1-11(32(4)12(2)34)18-21(26)20(24)19(14-8-29-31-22(14)18)16-9-33(6-5-28-16)10-17(27-3)30-23(35)13-7-15(13)25/h5,8-11,13,15H,3,6-7H2,1-2,4H3,(H,29,31)(H,30,35)/b17-10+/t11?,13-,15+/m1/s1. The van der Waals surface area contributed by atoms with Crippen molar-refractivity contribution in [3.8, 4) is 0 Å². The van der Waals surface area contributed by atoms with Gasteiger partial charge in [0.1, 0.15) is 17.8 Å². The van der Waals surface area contributed by atoms with Crippen LogP contribution < -0.4 is 5.32 Å². The summed E-state index contributed by atoms with van der Waals surface area (Å²) in [5.74, 6) is -1.91. The van der Waals surface area contributed by atoms with E-state index < -0.39 is 29.9 Å². The number of amides is 2. The molecule has 2 amide bonds. The minimum Gasteiger partial charge on any atom is -0.343 e. The third-order valence-corrected chi connectivity index (χ3v) is 6.50. The van der Waals surface area contributed by atoms with Crippen molar-refractivity contribution in [1.29, 1.82) is 0 Å². The van der Waals surface area contributed by atoms with Gasteiger partial charge >= 0.3 is 0 Å². The van der Waals surface area contributed by atoms with Gasteiger partial charge in [-0.05, 0) is 20.1 Å². The Hall–Kier alpha value is -3.60. The van der Waals surface area contributed by atoms with Gasteiger partial charge < -0.3 is 15.1 Å². The molecule has 184 valence electrons. The molecule has 0 bridgehead atoms. The average molecular weight is 504 g/mol. The summed E-state index contributed by atoms with van der Waals surface area (Å²) < 4.78 is 28.8. The molecule has 35 heavy (non-hydrogen) atoms. The minimum absolute atomic E-state index is 0.141. The van der Waals surface area contributed by atoms with Crippen molar-refractivity contribution in [3.63, 3.8) is 0 Å². The van der Waals surface area contributed by atoms with E-state index in [1.54, 1.807) is 31.3 Å². The number of H-pyrrole nitrogens is 1. The third-order valence-electron chi connectivity index (χ3n) is 6.15. The number of nitrogens with one attached hydrogen (secondary N) is 2. The monoisotopic (exact) mass is 503 g/mol. The number of aliphatic imine (C=N–C) groups is 2. The van der Waals surface area contributed by atoms with Crippen molar-refractivity contribution in [1.82, 2.24) is 25.3 Å². The molecule has 2 heterocycles. The molecule has 0 saturated heterocycles. The van der Waals surface area contributed by atoms with Crippen molar-refractivity contribution in [2.45, 2.75) is 32.5 Å². The smallest absolute Gasteiger partial charge is 0.231 e. The number of rotatable bonds is 7. The van der Waals surface area contributed by atoms with Crippen LogP contribution in [0.4, 0.5) is 8.78 Å². The number of hydrogen-bond acceptors (Lipinski definition) is 6. The summed E-state index contributed by atoms with van der Waals surface area (Å²) in [5, 5.41) is 9.80. The van der Waals surface area contributed by atoms with E-state index in [4.69, 9.17) is 11.6 Å². The molecule has 2 N–H and O–H groups in total. The van der Waals surface area contributed by atoms with Gasteiger partial charge in [-0.15, -0.1) is 0 Å². The topological polar surface area (TPSA) is 106 Å². The highest BCUT2D eigenvalue weighted by Crippen LogP contribution is 2.40. The number of hydrogen-bond donors (Lipinski definition) is 2. The zero-order valence-corrected chi connectivity index (χ0v) is 20.1. The summed E-state index contributed by atoms with van der Waals surface area (Å²) in [5.41, 5.74) is 1.28. The molecule has 9 nitrogen and oxygen atoms in total. The molecule has 4 rings (SSSR count). The Kier molecular flexibility index (Phi) is 6.70. The Morgan fingerprint density at radius 3 is 2.83 bits per heavy atom. The van der Waals surface area contributed by atoms with Crippen LogP contribution in [0.25, 0.3) is 16.6 Å². The molecule has 1 unspecified atom stereocenters. The van der Waals surface area contributed by atoms with E-state index in [1.165, 1.54) is 24.2 Å². The maximum atomic E-state index is 15.6. The molecule has 0 radical (unpaired) electrons. The molecule has 1 saturated carbocycles. The molecule has 1 aliphatic heterocycles. The van der Waals surface area contributed by atoms with E-state index in [2.05, 4.69) is 32.2 Å². The van der Waals surface area contributed by atoms with Gasteiger partial charge in [0, 0.05) is 49.1 Å². The van der Waals surface area contributed by atoms with Crippen LogP contribution >= 0.6 is 11.6 Å². The first kappa shape index (κ1) is 24.5. The van der Waals surface area contributed by atoms with Gasteiger partial charge in [-0.3, -0.25) is 19.7 Å². The first-order valence-corrected chi connectivity index (χ1v) is 11.2. The number of carbonyl (C=O) groups is 2. The summed E-state index contributed by atoms with van der Waals surface area (Å²) in [6, 6.07) is -0.606. The fraction of sp³-hybridized carbons (Fsp3) is 0.348. The quantitative estimate of drug-likeness (QED) is 0.563. The predicted molar refractivity (Wildman–Crippen MR) is 130 cm³/mol. The molecule has 3 atom stereocenters. The molecular weight excluding hydrogens is 480 g/mol. The summed E-state index contributed by atoms with van der Waals surface area (Å²) in [6.07, 6.45) is 5.30. The first-order chi connectivity index (χ1) is 16.6. The average Bonchev–Trinajstić information content (AvgIpc) is 3.38. The van der Waals surface area contributed by atoms with E-state index in [0.29, 0.717) is 28.7 Å². The number of alkyl halides is 1. The lowest BCUT2D eigenvalue weighted by Gasteiger charge is -2.26. The highest BCUT2D eigenvalue weighted by molar-refractivity contribution is 6.34. The number of nitrogens with zero attached hydrogens (tertiary/aromatic N) is 5. The lowest BCUT2D eigenvalue weighted by atomic mass is 9.97. The zero-order valence-electron chi connectivity index (χ0n) is 19.3. The van der Waals surface area contributed by atoms with Gasteiger partial charge in [0.15, 0.2) is 0 Å². The number of benzene rings is 1. The van der Waals surface area contributed by atoms with Crippen molar-refractivity contribution in [2.24, 2.45) is 15.9 Å². The molecule has 1 aromatic heterocycles. The van der Waals surface area contributed by atoms with Crippen LogP contribution in [-0.4, -0.2) is 64.5 Å². The van der Waals surface area contributed by atoms with Crippen molar-refractivity contribution in [2.75, 3.05) is 13.6 Å². The SMILES string of the molecule is C=N/C(=C\N1C=C(c2c(Cl)c(F)c(C(C)N(C)C(C)=O)c3[nH]ncc23)N=CC1)NC(=O)[C@@H]1C[C@@H]1F. The second-order valence-electron chi connectivity index (χ2n) is 8.42. The maximum absolute atomic E-state index is 15.6. The number of halogens is 3. The number of aromatic nitrogens is 2. The Labute approximate surface area is 205 Å². The summed E-state index contributed by atoms with van der Waals surface area (Å²) in [4.78, 5) is 35.2. The zero-order chi connectivity index (χ0) is 25.4. The Morgan fingerprint density at radius 1 is 1.49 bits per heavy atom. The van der Waals surface area contributed by atoms with Gasteiger partial charge in [-0.2, -0.15) is 5.10 Å². The van der Waals surface area contributed by atoms with Crippen molar-refractivity contribution in [3.05, 3.63) is 46.4 Å². The summed E-state index contributed by atoms with van der Waals surface area (Å²) in [6.45, 7) is 6.88. The van der Waals surface area contributed by atoms with Crippen LogP contribution in [0.2, 0.25) is 5.02 Å². The molecule has 1 fully saturated rings. The first-order valence-electron chi connectivity index (χ1n) is 10.8. The van der Waals surface area contributed by atoms with E-state index in [-0.39, 0.29) is 28.7 Å². The van der Waals surface area contributed by atoms with Gasteiger partial charge in [0.25, 0.3) is 0 Å². The van der Waals surface area contributed by atoms with Gasteiger partial charge in [0.2, 0.25) is 11.8 Å². The second kappa shape index (κ2) is 9.57. The normalized spacial score (nSPS) is 20.5. The lowest BCUT2D eigenvalue weighted by molar-refractivity contribution is -0.129. The molecule has 1 aliphatic carbocycles. The molecular formula is C23H24ClF2N7O2. The fourth-order valence-corrected chi connectivity index (χ4v) is 4.17. The molecule has 12 heteroatoms. The highest BCUT2D eigenvalue weighted by Gasteiger charge is 2.43. The van der Waals surface area contributed by atoms with Crippen LogP contribution in [0.3, 0.4) is 0 Å². The Balaban J connectivity index is 1.71.